The van der Waals surface area contributed by atoms with Gasteiger partial charge in [-0.3, -0.25) is 4.90 Å². The molecule has 2 rings (SSSR count). The SMILES string of the molecule is CCCC(CNC1CC1)N1CCOCC1. The molecule has 1 atom stereocenters. The van der Waals surface area contributed by atoms with E-state index in [-0.39, 0.29) is 0 Å². The second kappa shape index (κ2) is 5.83. The molecule has 1 heterocycles. The van der Waals surface area contributed by atoms with Gasteiger partial charge < -0.3 is 10.1 Å². The Morgan fingerprint density at radius 1 is 1.33 bits per heavy atom. The van der Waals surface area contributed by atoms with E-state index in [0.717, 1.165) is 38.4 Å². The maximum absolute atomic E-state index is 5.40. The molecule has 2 aliphatic rings. The van der Waals surface area contributed by atoms with Gasteiger partial charge in [-0.15, -0.1) is 0 Å². The Balaban J connectivity index is 1.74. The van der Waals surface area contributed by atoms with Gasteiger partial charge in [-0.1, -0.05) is 13.3 Å². The zero-order chi connectivity index (χ0) is 10.5. The molecule has 1 N–H and O–H groups in total. The Labute approximate surface area is 93.2 Å². The maximum atomic E-state index is 5.40. The lowest BCUT2D eigenvalue weighted by Crippen LogP contribution is -2.48. The Morgan fingerprint density at radius 3 is 2.67 bits per heavy atom. The smallest absolute Gasteiger partial charge is 0.0594 e. The lowest BCUT2D eigenvalue weighted by Gasteiger charge is -2.34. The van der Waals surface area contributed by atoms with Gasteiger partial charge in [-0.05, 0) is 19.3 Å². The molecular formula is C12H24N2O. The molecule has 0 aromatic rings. The summed E-state index contributed by atoms with van der Waals surface area (Å²) >= 11 is 0. The third-order valence-corrected chi connectivity index (χ3v) is 3.40. The molecule has 0 bridgehead atoms. The van der Waals surface area contributed by atoms with Crippen molar-refractivity contribution in [1.82, 2.24) is 10.2 Å². The van der Waals surface area contributed by atoms with Crippen LogP contribution in [0, 0.1) is 0 Å². The fourth-order valence-electron chi connectivity index (χ4n) is 2.28. The molecule has 0 aromatic heterocycles. The first kappa shape index (κ1) is 11.4. The number of rotatable bonds is 6. The molecule has 0 amide bonds. The lowest BCUT2D eigenvalue weighted by molar-refractivity contribution is 0.0147. The Kier molecular flexibility index (Phi) is 4.42. The van der Waals surface area contributed by atoms with Crippen LogP contribution >= 0.6 is 0 Å². The van der Waals surface area contributed by atoms with Crippen molar-refractivity contribution in [3.05, 3.63) is 0 Å². The van der Waals surface area contributed by atoms with Gasteiger partial charge in [0, 0.05) is 31.7 Å². The maximum Gasteiger partial charge on any atom is 0.0594 e. The summed E-state index contributed by atoms with van der Waals surface area (Å²) in [5, 5.41) is 3.66. The third kappa shape index (κ3) is 3.74. The van der Waals surface area contributed by atoms with E-state index in [1.165, 1.54) is 32.2 Å². The van der Waals surface area contributed by atoms with E-state index < -0.39 is 0 Å². The molecule has 15 heavy (non-hydrogen) atoms. The monoisotopic (exact) mass is 212 g/mol. The molecular weight excluding hydrogens is 188 g/mol. The quantitative estimate of drug-likeness (QED) is 0.717. The van der Waals surface area contributed by atoms with Crippen LogP contribution in [0.15, 0.2) is 0 Å². The van der Waals surface area contributed by atoms with Crippen LogP contribution in [0.2, 0.25) is 0 Å². The summed E-state index contributed by atoms with van der Waals surface area (Å²) in [5.74, 6) is 0. The summed E-state index contributed by atoms with van der Waals surface area (Å²) < 4.78 is 5.40. The first-order valence-corrected chi connectivity index (χ1v) is 6.45. The predicted octanol–water partition coefficient (Wildman–Crippen LogP) is 1.24. The zero-order valence-electron chi connectivity index (χ0n) is 9.87. The van der Waals surface area contributed by atoms with E-state index in [9.17, 15) is 0 Å². The highest BCUT2D eigenvalue weighted by Crippen LogP contribution is 2.19. The number of hydrogen-bond donors (Lipinski definition) is 1. The van der Waals surface area contributed by atoms with Crippen molar-refractivity contribution in [1.29, 1.82) is 0 Å². The minimum absolute atomic E-state index is 0.736. The Hall–Kier alpha value is -0.120. The number of ether oxygens (including phenoxy) is 1. The highest BCUT2D eigenvalue weighted by atomic mass is 16.5. The van der Waals surface area contributed by atoms with Crippen molar-refractivity contribution in [3.63, 3.8) is 0 Å². The number of nitrogens with zero attached hydrogens (tertiary/aromatic N) is 1. The number of hydrogen-bond acceptors (Lipinski definition) is 3. The van der Waals surface area contributed by atoms with Crippen LogP contribution in [0.4, 0.5) is 0 Å². The Bertz CT molecular complexity index is 176. The molecule has 1 unspecified atom stereocenters. The molecule has 1 saturated carbocycles. The van der Waals surface area contributed by atoms with Gasteiger partial charge in [0.1, 0.15) is 0 Å². The summed E-state index contributed by atoms with van der Waals surface area (Å²) in [6.07, 6.45) is 5.39. The first-order chi connectivity index (χ1) is 7.40. The third-order valence-electron chi connectivity index (χ3n) is 3.40. The first-order valence-electron chi connectivity index (χ1n) is 6.45. The lowest BCUT2D eigenvalue weighted by atomic mass is 10.1. The second-order valence-corrected chi connectivity index (χ2v) is 4.77. The minimum Gasteiger partial charge on any atom is -0.379 e. The highest BCUT2D eigenvalue weighted by molar-refractivity contribution is 4.84. The molecule has 88 valence electrons. The van der Waals surface area contributed by atoms with E-state index in [1.807, 2.05) is 0 Å². The van der Waals surface area contributed by atoms with Gasteiger partial charge in [-0.25, -0.2) is 0 Å². The van der Waals surface area contributed by atoms with E-state index in [0.29, 0.717) is 0 Å². The Morgan fingerprint density at radius 2 is 2.07 bits per heavy atom. The molecule has 0 aromatic carbocycles. The van der Waals surface area contributed by atoms with E-state index >= 15 is 0 Å². The van der Waals surface area contributed by atoms with Gasteiger partial charge in [0.15, 0.2) is 0 Å². The fourth-order valence-corrected chi connectivity index (χ4v) is 2.28. The molecule has 1 saturated heterocycles. The van der Waals surface area contributed by atoms with Crippen LogP contribution in [0.1, 0.15) is 32.6 Å². The predicted molar refractivity (Wildman–Crippen MR) is 62.1 cm³/mol. The standard InChI is InChI=1S/C12H24N2O/c1-2-3-12(10-13-11-4-5-11)14-6-8-15-9-7-14/h11-13H,2-10H2,1H3. The van der Waals surface area contributed by atoms with Crippen LogP contribution in [0.25, 0.3) is 0 Å². The van der Waals surface area contributed by atoms with Crippen molar-refractivity contribution in [3.8, 4) is 0 Å². The average Bonchev–Trinajstić information content (AvgIpc) is 3.09. The summed E-state index contributed by atoms with van der Waals surface area (Å²) in [7, 11) is 0. The highest BCUT2D eigenvalue weighted by Gasteiger charge is 2.24. The van der Waals surface area contributed by atoms with Gasteiger partial charge in [0.25, 0.3) is 0 Å². The number of morpholine rings is 1. The second-order valence-electron chi connectivity index (χ2n) is 4.77. The summed E-state index contributed by atoms with van der Waals surface area (Å²) in [5.41, 5.74) is 0. The normalized spacial score (nSPS) is 25.4. The molecule has 3 heteroatoms. The van der Waals surface area contributed by atoms with Gasteiger partial charge in [0.05, 0.1) is 13.2 Å². The van der Waals surface area contributed by atoms with Crippen molar-refractivity contribution in [2.75, 3.05) is 32.8 Å². The van der Waals surface area contributed by atoms with E-state index in [2.05, 4.69) is 17.1 Å². The van der Waals surface area contributed by atoms with Crippen molar-refractivity contribution in [2.45, 2.75) is 44.7 Å². The van der Waals surface area contributed by atoms with Gasteiger partial charge in [0.2, 0.25) is 0 Å². The topological polar surface area (TPSA) is 24.5 Å². The van der Waals surface area contributed by atoms with Crippen LogP contribution in [-0.4, -0.2) is 49.8 Å². The van der Waals surface area contributed by atoms with E-state index in [1.54, 1.807) is 0 Å². The van der Waals surface area contributed by atoms with Crippen LogP contribution in [0.3, 0.4) is 0 Å². The van der Waals surface area contributed by atoms with Crippen LogP contribution < -0.4 is 5.32 Å². The summed E-state index contributed by atoms with van der Waals surface area (Å²) in [6.45, 7) is 7.55. The van der Waals surface area contributed by atoms with Crippen molar-refractivity contribution < 1.29 is 4.74 Å². The van der Waals surface area contributed by atoms with Crippen molar-refractivity contribution in [2.24, 2.45) is 0 Å². The molecule has 2 fully saturated rings. The van der Waals surface area contributed by atoms with Crippen LogP contribution in [-0.2, 0) is 4.74 Å². The van der Waals surface area contributed by atoms with Crippen LogP contribution in [0.5, 0.6) is 0 Å². The van der Waals surface area contributed by atoms with Crippen molar-refractivity contribution >= 4 is 0 Å². The fraction of sp³-hybridized carbons (Fsp3) is 1.00. The largest absolute Gasteiger partial charge is 0.379 e. The van der Waals surface area contributed by atoms with Gasteiger partial charge in [-0.2, -0.15) is 0 Å². The number of nitrogens with one attached hydrogen (secondary N) is 1. The molecule has 0 spiro atoms. The zero-order valence-corrected chi connectivity index (χ0v) is 9.87. The van der Waals surface area contributed by atoms with E-state index in [4.69, 9.17) is 4.74 Å². The summed E-state index contributed by atoms with van der Waals surface area (Å²) in [4.78, 5) is 2.60. The molecule has 1 aliphatic carbocycles. The minimum atomic E-state index is 0.736. The van der Waals surface area contributed by atoms with Gasteiger partial charge >= 0.3 is 0 Å². The average molecular weight is 212 g/mol. The molecule has 3 nitrogen and oxygen atoms in total. The summed E-state index contributed by atoms with van der Waals surface area (Å²) in [6, 6.07) is 1.57. The molecule has 0 radical (unpaired) electrons. The molecule has 1 aliphatic heterocycles.